The van der Waals surface area contributed by atoms with Crippen molar-refractivity contribution in [3.8, 4) is 5.75 Å². The highest BCUT2D eigenvalue weighted by atomic mass is 16.5. The number of rotatable bonds is 9. The highest BCUT2D eigenvalue weighted by molar-refractivity contribution is 5.28. The number of benzene rings is 1. The molecule has 3 nitrogen and oxygen atoms in total. The standard InChI is InChI=1S/C15H25NO2/c1-16(10-5-3-4-6-11-17)13-14-8-7-9-15(12-14)18-2/h7-9,12,17H,3-6,10-11,13H2,1-2H3. The lowest BCUT2D eigenvalue weighted by Gasteiger charge is -2.16. The van der Waals surface area contributed by atoms with Crippen LogP contribution >= 0.6 is 0 Å². The average molecular weight is 251 g/mol. The van der Waals surface area contributed by atoms with E-state index in [9.17, 15) is 0 Å². The fraction of sp³-hybridized carbons (Fsp3) is 0.600. The van der Waals surface area contributed by atoms with E-state index in [0.29, 0.717) is 6.61 Å². The van der Waals surface area contributed by atoms with Gasteiger partial charge in [0, 0.05) is 13.2 Å². The van der Waals surface area contributed by atoms with Crippen LogP contribution in [0.3, 0.4) is 0 Å². The van der Waals surface area contributed by atoms with E-state index in [4.69, 9.17) is 9.84 Å². The molecule has 0 saturated heterocycles. The van der Waals surface area contributed by atoms with Crippen molar-refractivity contribution in [2.24, 2.45) is 0 Å². The molecule has 18 heavy (non-hydrogen) atoms. The van der Waals surface area contributed by atoms with Gasteiger partial charge in [-0.05, 0) is 44.1 Å². The van der Waals surface area contributed by atoms with Gasteiger partial charge in [0.05, 0.1) is 7.11 Å². The Morgan fingerprint density at radius 1 is 1.17 bits per heavy atom. The van der Waals surface area contributed by atoms with Crippen LogP contribution in [0.1, 0.15) is 31.2 Å². The number of hydrogen-bond acceptors (Lipinski definition) is 3. The molecule has 0 bridgehead atoms. The Kier molecular flexibility index (Phi) is 7.46. The van der Waals surface area contributed by atoms with E-state index in [0.717, 1.165) is 31.7 Å². The molecule has 0 unspecified atom stereocenters. The Morgan fingerprint density at radius 3 is 2.67 bits per heavy atom. The molecule has 0 aliphatic carbocycles. The molecule has 0 atom stereocenters. The summed E-state index contributed by atoms with van der Waals surface area (Å²) in [5.74, 6) is 0.920. The summed E-state index contributed by atoms with van der Waals surface area (Å²) < 4.78 is 5.22. The highest BCUT2D eigenvalue weighted by Gasteiger charge is 2.01. The Morgan fingerprint density at radius 2 is 1.94 bits per heavy atom. The zero-order valence-corrected chi connectivity index (χ0v) is 11.6. The van der Waals surface area contributed by atoms with Gasteiger partial charge in [0.1, 0.15) is 5.75 Å². The summed E-state index contributed by atoms with van der Waals surface area (Å²) in [6.07, 6.45) is 4.45. The predicted octanol–water partition coefficient (Wildman–Crippen LogP) is 2.68. The number of aliphatic hydroxyl groups excluding tert-OH is 1. The van der Waals surface area contributed by atoms with Crippen LogP contribution in [-0.4, -0.2) is 37.3 Å². The molecule has 0 heterocycles. The molecule has 0 spiro atoms. The summed E-state index contributed by atoms with van der Waals surface area (Å²) in [7, 11) is 3.84. The van der Waals surface area contributed by atoms with Gasteiger partial charge >= 0.3 is 0 Å². The SMILES string of the molecule is COc1cccc(CN(C)CCCCCCO)c1. The molecule has 0 aromatic heterocycles. The zero-order valence-electron chi connectivity index (χ0n) is 11.6. The van der Waals surface area contributed by atoms with Crippen LogP contribution in [0.15, 0.2) is 24.3 Å². The van der Waals surface area contributed by atoms with Gasteiger partial charge in [-0.15, -0.1) is 0 Å². The van der Waals surface area contributed by atoms with Crippen molar-refractivity contribution >= 4 is 0 Å². The number of nitrogens with zero attached hydrogens (tertiary/aromatic N) is 1. The minimum absolute atomic E-state index is 0.319. The maximum atomic E-state index is 8.70. The van der Waals surface area contributed by atoms with Crippen LogP contribution in [0.2, 0.25) is 0 Å². The van der Waals surface area contributed by atoms with Crippen LogP contribution in [0.25, 0.3) is 0 Å². The molecule has 0 amide bonds. The van der Waals surface area contributed by atoms with Gasteiger partial charge in [-0.2, -0.15) is 0 Å². The first-order valence-electron chi connectivity index (χ1n) is 6.68. The first kappa shape index (κ1) is 15.0. The van der Waals surface area contributed by atoms with Crippen molar-refractivity contribution < 1.29 is 9.84 Å². The summed E-state index contributed by atoms with van der Waals surface area (Å²) in [5.41, 5.74) is 1.28. The second-order valence-electron chi connectivity index (χ2n) is 4.73. The van der Waals surface area contributed by atoms with Crippen LogP contribution in [0, 0.1) is 0 Å². The van der Waals surface area contributed by atoms with Gasteiger partial charge in [-0.3, -0.25) is 0 Å². The third kappa shape index (κ3) is 6.03. The maximum absolute atomic E-state index is 8.70. The van der Waals surface area contributed by atoms with Crippen LogP contribution in [0.5, 0.6) is 5.75 Å². The first-order valence-corrected chi connectivity index (χ1v) is 6.68. The molecule has 0 fully saturated rings. The Labute approximate surface area is 110 Å². The molecular formula is C15H25NO2. The molecular weight excluding hydrogens is 226 g/mol. The largest absolute Gasteiger partial charge is 0.497 e. The van der Waals surface area contributed by atoms with E-state index in [2.05, 4.69) is 24.1 Å². The van der Waals surface area contributed by atoms with E-state index < -0.39 is 0 Å². The number of aliphatic hydroxyl groups is 1. The Bertz CT molecular complexity index is 328. The van der Waals surface area contributed by atoms with E-state index in [1.807, 2.05) is 12.1 Å². The minimum atomic E-state index is 0.319. The molecule has 102 valence electrons. The third-order valence-corrected chi connectivity index (χ3v) is 3.03. The van der Waals surface area contributed by atoms with Gasteiger partial charge in [-0.25, -0.2) is 0 Å². The fourth-order valence-electron chi connectivity index (χ4n) is 2.01. The lowest BCUT2D eigenvalue weighted by Crippen LogP contribution is -2.19. The van der Waals surface area contributed by atoms with E-state index in [-0.39, 0.29) is 0 Å². The number of methoxy groups -OCH3 is 1. The molecule has 1 rings (SSSR count). The van der Waals surface area contributed by atoms with E-state index >= 15 is 0 Å². The second kappa shape index (κ2) is 8.95. The minimum Gasteiger partial charge on any atom is -0.497 e. The summed E-state index contributed by atoms with van der Waals surface area (Å²) in [5, 5.41) is 8.70. The Hall–Kier alpha value is -1.06. The molecule has 0 saturated carbocycles. The van der Waals surface area contributed by atoms with Gasteiger partial charge in [0.25, 0.3) is 0 Å². The summed E-state index contributed by atoms with van der Waals surface area (Å²) in [6, 6.07) is 8.22. The van der Waals surface area contributed by atoms with E-state index in [1.54, 1.807) is 7.11 Å². The molecule has 1 aromatic carbocycles. The lowest BCUT2D eigenvalue weighted by molar-refractivity contribution is 0.277. The number of ether oxygens (including phenoxy) is 1. The average Bonchev–Trinajstić information content (AvgIpc) is 2.38. The van der Waals surface area contributed by atoms with Crippen molar-refractivity contribution in [3.63, 3.8) is 0 Å². The summed E-state index contributed by atoms with van der Waals surface area (Å²) >= 11 is 0. The van der Waals surface area contributed by atoms with E-state index in [1.165, 1.54) is 18.4 Å². The van der Waals surface area contributed by atoms with Crippen LogP contribution < -0.4 is 4.74 Å². The van der Waals surface area contributed by atoms with Gasteiger partial charge < -0.3 is 14.7 Å². The normalized spacial score (nSPS) is 10.9. The van der Waals surface area contributed by atoms with Crippen molar-refractivity contribution in [2.45, 2.75) is 32.2 Å². The lowest BCUT2D eigenvalue weighted by atomic mass is 10.1. The summed E-state index contributed by atoms with van der Waals surface area (Å²) in [4.78, 5) is 2.33. The topological polar surface area (TPSA) is 32.7 Å². The fourth-order valence-corrected chi connectivity index (χ4v) is 2.01. The first-order chi connectivity index (χ1) is 8.76. The number of hydrogen-bond donors (Lipinski definition) is 1. The molecule has 0 aliphatic rings. The predicted molar refractivity (Wildman–Crippen MR) is 74.9 cm³/mol. The van der Waals surface area contributed by atoms with Gasteiger partial charge in [0.15, 0.2) is 0 Å². The van der Waals surface area contributed by atoms with Crippen molar-refractivity contribution in [1.82, 2.24) is 4.90 Å². The molecule has 3 heteroatoms. The second-order valence-corrected chi connectivity index (χ2v) is 4.73. The zero-order chi connectivity index (χ0) is 13.2. The monoisotopic (exact) mass is 251 g/mol. The van der Waals surface area contributed by atoms with Gasteiger partial charge in [-0.1, -0.05) is 25.0 Å². The smallest absolute Gasteiger partial charge is 0.119 e. The van der Waals surface area contributed by atoms with Crippen molar-refractivity contribution in [2.75, 3.05) is 27.3 Å². The molecule has 0 aliphatic heterocycles. The molecule has 1 aromatic rings. The summed E-state index contributed by atoms with van der Waals surface area (Å²) in [6.45, 7) is 2.37. The molecule has 1 N–H and O–H groups in total. The third-order valence-electron chi connectivity index (χ3n) is 3.03. The van der Waals surface area contributed by atoms with Crippen LogP contribution in [-0.2, 0) is 6.54 Å². The van der Waals surface area contributed by atoms with Gasteiger partial charge in [0.2, 0.25) is 0 Å². The van der Waals surface area contributed by atoms with Crippen LogP contribution in [0.4, 0.5) is 0 Å². The maximum Gasteiger partial charge on any atom is 0.119 e. The van der Waals surface area contributed by atoms with Crippen molar-refractivity contribution in [3.05, 3.63) is 29.8 Å². The molecule has 0 radical (unpaired) electrons. The Balaban J connectivity index is 2.24. The number of unbranched alkanes of at least 4 members (excludes halogenated alkanes) is 3. The highest BCUT2D eigenvalue weighted by Crippen LogP contribution is 2.14. The van der Waals surface area contributed by atoms with Crippen molar-refractivity contribution in [1.29, 1.82) is 0 Å². The quantitative estimate of drug-likeness (QED) is 0.685.